The van der Waals surface area contributed by atoms with E-state index < -0.39 is 0 Å². The van der Waals surface area contributed by atoms with Crippen LogP contribution in [0.25, 0.3) is 0 Å². The second-order valence-electron chi connectivity index (χ2n) is 6.08. The van der Waals surface area contributed by atoms with Gasteiger partial charge in [-0.05, 0) is 38.8 Å². The smallest absolute Gasteiger partial charge is 0.131 e. The van der Waals surface area contributed by atoms with Gasteiger partial charge >= 0.3 is 0 Å². The van der Waals surface area contributed by atoms with Crippen LogP contribution in [0.15, 0.2) is 6.07 Å². The number of rotatable bonds is 5. The first-order chi connectivity index (χ1) is 9.79. The summed E-state index contributed by atoms with van der Waals surface area (Å²) in [4.78, 5) is 9.55. The van der Waals surface area contributed by atoms with E-state index in [1.54, 1.807) is 0 Å². The van der Waals surface area contributed by atoms with Gasteiger partial charge in [-0.25, -0.2) is 9.97 Å². The summed E-state index contributed by atoms with van der Waals surface area (Å²) in [5, 5.41) is 3.44. The fourth-order valence-corrected chi connectivity index (χ4v) is 3.04. The molecule has 2 rings (SSSR count). The van der Waals surface area contributed by atoms with Gasteiger partial charge in [-0.3, -0.25) is 0 Å². The van der Waals surface area contributed by atoms with Crippen molar-refractivity contribution < 1.29 is 0 Å². The van der Waals surface area contributed by atoms with Crippen LogP contribution in [0.3, 0.4) is 0 Å². The number of hydrogen-bond acceptors (Lipinski definition) is 3. The molecule has 0 radical (unpaired) electrons. The van der Waals surface area contributed by atoms with E-state index in [9.17, 15) is 0 Å². The summed E-state index contributed by atoms with van der Waals surface area (Å²) in [6.45, 7) is 6.22. The molecule has 0 amide bonds. The van der Waals surface area contributed by atoms with E-state index in [2.05, 4.69) is 25.2 Å². The van der Waals surface area contributed by atoms with Crippen molar-refractivity contribution in [2.75, 3.05) is 6.54 Å². The molecule has 1 aromatic heterocycles. The SMILES string of the molecule is CCCNCc1cc(C)nc(C2CCCCCCC2)n1. The van der Waals surface area contributed by atoms with Gasteiger partial charge in [0.05, 0.1) is 5.69 Å². The maximum Gasteiger partial charge on any atom is 0.131 e. The van der Waals surface area contributed by atoms with E-state index in [4.69, 9.17) is 9.97 Å². The van der Waals surface area contributed by atoms with Crippen molar-refractivity contribution in [2.45, 2.75) is 77.7 Å². The highest BCUT2D eigenvalue weighted by Gasteiger charge is 2.17. The zero-order chi connectivity index (χ0) is 14.2. The molecule has 0 atom stereocenters. The maximum atomic E-state index is 4.83. The monoisotopic (exact) mass is 275 g/mol. The zero-order valence-electron chi connectivity index (χ0n) is 13.1. The molecule has 0 saturated heterocycles. The van der Waals surface area contributed by atoms with Crippen molar-refractivity contribution in [1.29, 1.82) is 0 Å². The molecule has 20 heavy (non-hydrogen) atoms. The summed E-state index contributed by atoms with van der Waals surface area (Å²) in [7, 11) is 0. The number of aryl methyl sites for hydroxylation is 1. The van der Waals surface area contributed by atoms with E-state index in [1.807, 2.05) is 0 Å². The first-order valence-corrected chi connectivity index (χ1v) is 8.34. The molecule has 1 fully saturated rings. The molecule has 3 heteroatoms. The van der Waals surface area contributed by atoms with Gasteiger partial charge in [0.1, 0.15) is 5.82 Å². The van der Waals surface area contributed by atoms with E-state index in [0.29, 0.717) is 5.92 Å². The third-order valence-corrected chi connectivity index (χ3v) is 4.13. The fourth-order valence-electron chi connectivity index (χ4n) is 3.04. The Morgan fingerprint density at radius 3 is 2.50 bits per heavy atom. The molecular weight excluding hydrogens is 246 g/mol. The van der Waals surface area contributed by atoms with Gasteiger partial charge in [0, 0.05) is 18.2 Å². The third kappa shape index (κ3) is 4.86. The Bertz CT molecular complexity index is 395. The molecule has 0 aliphatic heterocycles. The molecule has 0 bridgehead atoms. The number of nitrogens with zero attached hydrogens (tertiary/aromatic N) is 2. The fraction of sp³-hybridized carbons (Fsp3) is 0.765. The summed E-state index contributed by atoms with van der Waals surface area (Å²) in [5.41, 5.74) is 2.27. The van der Waals surface area contributed by atoms with Crippen LogP contribution in [-0.4, -0.2) is 16.5 Å². The van der Waals surface area contributed by atoms with Crippen LogP contribution in [0.5, 0.6) is 0 Å². The van der Waals surface area contributed by atoms with Gasteiger partial charge in [-0.2, -0.15) is 0 Å². The van der Waals surface area contributed by atoms with Crippen LogP contribution >= 0.6 is 0 Å². The van der Waals surface area contributed by atoms with Crippen LogP contribution in [0, 0.1) is 6.92 Å². The van der Waals surface area contributed by atoms with Crippen LogP contribution in [0.2, 0.25) is 0 Å². The van der Waals surface area contributed by atoms with Gasteiger partial charge in [0.2, 0.25) is 0 Å². The molecule has 0 aromatic carbocycles. The Kier molecular flexibility index (Phi) is 6.44. The molecule has 112 valence electrons. The molecule has 1 heterocycles. The Labute approximate surface area is 123 Å². The summed E-state index contributed by atoms with van der Waals surface area (Å²) in [6.07, 6.45) is 10.6. The quantitative estimate of drug-likeness (QED) is 0.822. The van der Waals surface area contributed by atoms with Crippen LogP contribution in [-0.2, 0) is 6.54 Å². The lowest BCUT2D eigenvalue weighted by Gasteiger charge is -2.19. The van der Waals surface area contributed by atoms with Gasteiger partial charge in [0.15, 0.2) is 0 Å². The largest absolute Gasteiger partial charge is 0.311 e. The number of nitrogens with one attached hydrogen (secondary N) is 1. The Morgan fingerprint density at radius 2 is 1.80 bits per heavy atom. The Hall–Kier alpha value is -0.960. The first-order valence-electron chi connectivity index (χ1n) is 8.34. The molecule has 3 nitrogen and oxygen atoms in total. The topological polar surface area (TPSA) is 37.8 Å². The minimum absolute atomic E-state index is 0.583. The zero-order valence-corrected chi connectivity index (χ0v) is 13.1. The Balaban J connectivity index is 2.04. The second-order valence-corrected chi connectivity index (χ2v) is 6.08. The van der Waals surface area contributed by atoms with Gasteiger partial charge in [-0.15, -0.1) is 0 Å². The highest BCUT2D eigenvalue weighted by atomic mass is 14.9. The lowest BCUT2D eigenvalue weighted by atomic mass is 9.90. The van der Waals surface area contributed by atoms with E-state index in [-0.39, 0.29) is 0 Å². The van der Waals surface area contributed by atoms with Gasteiger partial charge < -0.3 is 5.32 Å². The molecule has 1 saturated carbocycles. The van der Waals surface area contributed by atoms with Crippen molar-refractivity contribution in [3.63, 3.8) is 0 Å². The van der Waals surface area contributed by atoms with E-state index in [1.165, 1.54) is 51.4 Å². The summed E-state index contributed by atoms with van der Waals surface area (Å²) < 4.78 is 0. The lowest BCUT2D eigenvalue weighted by Crippen LogP contribution is -2.17. The third-order valence-electron chi connectivity index (χ3n) is 4.13. The highest BCUT2D eigenvalue weighted by molar-refractivity contribution is 5.12. The molecular formula is C17H29N3. The minimum Gasteiger partial charge on any atom is -0.311 e. The van der Waals surface area contributed by atoms with Gasteiger partial charge in [0.25, 0.3) is 0 Å². The van der Waals surface area contributed by atoms with Crippen molar-refractivity contribution in [2.24, 2.45) is 0 Å². The van der Waals surface area contributed by atoms with Crippen molar-refractivity contribution in [1.82, 2.24) is 15.3 Å². The van der Waals surface area contributed by atoms with Crippen molar-refractivity contribution >= 4 is 0 Å². The van der Waals surface area contributed by atoms with E-state index in [0.717, 1.165) is 30.3 Å². The molecule has 1 aliphatic carbocycles. The molecule has 1 aliphatic rings. The predicted molar refractivity (Wildman–Crippen MR) is 83.8 cm³/mol. The summed E-state index contributed by atoms with van der Waals surface area (Å²) >= 11 is 0. The summed E-state index contributed by atoms with van der Waals surface area (Å²) in [5.74, 6) is 1.68. The number of aromatic nitrogens is 2. The first kappa shape index (κ1) is 15.4. The summed E-state index contributed by atoms with van der Waals surface area (Å²) in [6, 6.07) is 2.12. The van der Waals surface area contributed by atoms with Crippen LogP contribution in [0.1, 0.15) is 81.4 Å². The molecule has 1 aromatic rings. The van der Waals surface area contributed by atoms with Crippen molar-refractivity contribution in [3.05, 3.63) is 23.3 Å². The highest BCUT2D eigenvalue weighted by Crippen LogP contribution is 2.29. The maximum absolute atomic E-state index is 4.83. The standard InChI is InChI=1S/C17H29N3/c1-3-11-18-13-16-12-14(2)19-17(20-16)15-9-7-5-4-6-8-10-15/h12,15,18H,3-11,13H2,1-2H3. The second kappa shape index (κ2) is 8.35. The van der Waals surface area contributed by atoms with E-state index >= 15 is 0 Å². The van der Waals surface area contributed by atoms with Crippen molar-refractivity contribution in [3.8, 4) is 0 Å². The molecule has 1 N–H and O–H groups in total. The lowest BCUT2D eigenvalue weighted by molar-refractivity contribution is 0.440. The Morgan fingerprint density at radius 1 is 1.10 bits per heavy atom. The predicted octanol–water partition coefficient (Wildman–Crippen LogP) is 4.11. The number of hydrogen-bond donors (Lipinski definition) is 1. The minimum atomic E-state index is 0.583. The normalized spacial score (nSPS) is 17.7. The van der Waals surface area contributed by atoms with Crippen LogP contribution < -0.4 is 5.32 Å². The average molecular weight is 275 g/mol. The van der Waals surface area contributed by atoms with Gasteiger partial charge in [-0.1, -0.05) is 39.0 Å². The van der Waals surface area contributed by atoms with Crippen LogP contribution in [0.4, 0.5) is 0 Å². The average Bonchev–Trinajstić information content (AvgIpc) is 2.38. The molecule has 0 spiro atoms. The molecule has 0 unspecified atom stereocenters.